The Morgan fingerprint density at radius 2 is 1.36 bits per heavy atom. The summed E-state index contributed by atoms with van der Waals surface area (Å²) in [4.78, 5) is 0. The van der Waals surface area contributed by atoms with Crippen molar-refractivity contribution in [1.29, 1.82) is 0 Å². The van der Waals surface area contributed by atoms with Gasteiger partial charge in [-0.1, -0.05) is 48.6 Å². The molecule has 0 nitrogen and oxygen atoms in total. The molecule has 0 atom stereocenters. The second kappa shape index (κ2) is 8.56. The van der Waals surface area contributed by atoms with E-state index < -0.39 is 0 Å². The molecule has 22 heavy (non-hydrogen) atoms. The van der Waals surface area contributed by atoms with E-state index in [4.69, 9.17) is 0 Å². The molecule has 0 heterocycles. The Kier molecular flexibility index (Phi) is 6.73. The molecule has 2 rings (SSSR count). The van der Waals surface area contributed by atoms with E-state index in [9.17, 15) is 0 Å². The molecule has 0 N–H and O–H groups in total. The fraction of sp³-hybridized carbons (Fsp3) is 0.636. The van der Waals surface area contributed by atoms with Crippen LogP contribution in [0.4, 0.5) is 0 Å². The van der Waals surface area contributed by atoms with Gasteiger partial charge in [0.25, 0.3) is 0 Å². The Hall–Kier alpha value is -1.04. The van der Waals surface area contributed by atoms with Gasteiger partial charge < -0.3 is 0 Å². The molecule has 0 aromatic rings. The maximum Gasteiger partial charge on any atom is -0.0168 e. The van der Waals surface area contributed by atoms with Gasteiger partial charge in [-0.25, -0.2) is 0 Å². The lowest BCUT2D eigenvalue weighted by Gasteiger charge is -2.37. The molecule has 0 saturated heterocycles. The quantitative estimate of drug-likeness (QED) is 0.384. The van der Waals surface area contributed by atoms with Crippen LogP contribution in [0.1, 0.15) is 65.2 Å². The van der Waals surface area contributed by atoms with Gasteiger partial charge in [0.2, 0.25) is 0 Å². The standard InChI is InChI=1S/C22H34/c1-5-6-19-9-11-21(12-10-19)22-15-13-20(14-16-22)18(4)8-7-17(2)3/h5-8,19-22H,2,4,9-16H2,1,3H3/b6-5?,8-7-. The van der Waals surface area contributed by atoms with Crippen molar-refractivity contribution in [2.75, 3.05) is 0 Å². The highest BCUT2D eigenvalue weighted by atomic mass is 14.4. The van der Waals surface area contributed by atoms with Crippen LogP contribution < -0.4 is 0 Å². The minimum Gasteiger partial charge on any atom is -0.0961 e. The van der Waals surface area contributed by atoms with Gasteiger partial charge in [-0.15, -0.1) is 0 Å². The summed E-state index contributed by atoms with van der Waals surface area (Å²) in [5.74, 6) is 3.57. The van der Waals surface area contributed by atoms with Crippen LogP contribution in [0.5, 0.6) is 0 Å². The first-order valence-electron chi connectivity index (χ1n) is 9.25. The summed E-state index contributed by atoms with van der Waals surface area (Å²) in [6, 6.07) is 0. The van der Waals surface area contributed by atoms with Crippen LogP contribution in [-0.2, 0) is 0 Å². The highest BCUT2D eigenvalue weighted by Gasteiger charge is 2.30. The summed E-state index contributed by atoms with van der Waals surface area (Å²) < 4.78 is 0. The molecule has 0 radical (unpaired) electrons. The van der Waals surface area contributed by atoms with Crippen LogP contribution in [0, 0.1) is 23.7 Å². The van der Waals surface area contributed by atoms with Crippen molar-refractivity contribution in [2.24, 2.45) is 23.7 Å². The Morgan fingerprint density at radius 1 is 0.818 bits per heavy atom. The van der Waals surface area contributed by atoms with Gasteiger partial charge in [0.15, 0.2) is 0 Å². The van der Waals surface area contributed by atoms with Crippen LogP contribution in [0.2, 0.25) is 0 Å². The summed E-state index contributed by atoms with van der Waals surface area (Å²) in [6.45, 7) is 12.4. The zero-order chi connectivity index (χ0) is 15.9. The summed E-state index contributed by atoms with van der Waals surface area (Å²) >= 11 is 0. The van der Waals surface area contributed by atoms with E-state index in [1.54, 1.807) is 0 Å². The van der Waals surface area contributed by atoms with Crippen molar-refractivity contribution in [1.82, 2.24) is 0 Å². The highest BCUT2D eigenvalue weighted by molar-refractivity contribution is 5.25. The molecule has 2 saturated carbocycles. The van der Waals surface area contributed by atoms with Crippen LogP contribution >= 0.6 is 0 Å². The predicted octanol–water partition coefficient (Wildman–Crippen LogP) is 6.86. The molecule has 2 fully saturated rings. The summed E-state index contributed by atoms with van der Waals surface area (Å²) in [6.07, 6.45) is 20.2. The molecule has 2 aliphatic rings. The van der Waals surface area contributed by atoms with E-state index in [0.29, 0.717) is 5.92 Å². The molecule has 0 bridgehead atoms. The van der Waals surface area contributed by atoms with Crippen molar-refractivity contribution < 1.29 is 0 Å². The molecule has 0 heteroatoms. The second-order valence-corrected chi connectivity index (χ2v) is 7.57. The number of hydrogen-bond donors (Lipinski definition) is 0. The van der Waals surface area contributed by atoms with Gasteiger partial charge in [-0.2, -0.15) is 0 Å². The van der Waals surface area contributed by atoms with Gasteiger partial charge in [-0.3, -0.25) is 0 Å². The SMILES string of the molecule is C=C(C)/C=C\C(=C)C1CCC(C2CCC(C=CC)CC2)CC1. The number of hydrogen-bond acceptors (Lipinski definition) is 0. The first-order valence-corrected chi connectivity index (χ1v) is 9.25. The fourth-order valence-corrected chi connectivity index (χ4v) is 4.43. The Labute approximate surface area is 138 Å². The van der Waals surface area contributed by atoms with E-state index in [2.05, 4.69) is 44.4 Å². The molecule has 0 amide bonds. The maximum absolute atomic E-state index is 4.28. The molecular weight excluding hydrogens is 264 g/mol. The van der Waals surface area contributed by atoms with Gasteiger partial charge in [0.05, 0.1) is 0 Å². The molecule has 0 spiro atoms. The van der Waals surface area contributed by atoms with Gasteiger partial charge >= 0.3 is 0 Å². The second-order valence-electron chi connectivity index (χ2n) is 7.57. The zero-order valence-corrected chi connectivity index (χ0v) is 14.7. The molecule has 0 aromatic heterocycles. The van der Waals surface area contributed by atoms with E-state index in [-0.39, 0.29) is 0 Å². The molecular formula is C22H34. The molecule has 0 unspecified atom stereocenters. The normalized spacial score (nSPS) is 33.4. The summed E-state index contributed by atoms with van der Waals surface area (Å²) in [5, 5.41) is 0. The largest absolute Gasteiger partial charge is 0.0961 e. The monoisotopic (exact) mass is 298 g/mol. The minimum absolute atomic E-state index is 0.714. The van der Waals surface area contributed by atoms with E-state index >= 15 is 0 Å². The third kappa shape index (κ3) is 5.00. The van der Waals surface area contributed by atoms with Gasteiger partial charge in [-0.05, 0) is 88.9 Å². The lowest BCUT2D eigenvalue weighted by molar-refractivity contribution is 0.165. The Morgan fingerprint density at radius 3 is 1.86 bits per heavy atom. The summed E-state index contributed by atoms with van der Waals surface area (Å²) in [5.41, 5.74) is 2.44. The Balaban J connectivity index is 1.76. The molecule has 2 aliphatic carbocycles. The first kappa shape index (κ1) is 17.3. The van der Waals surface area contributed by atoms with Crippen LogP contribution in [-0.4, -0.2) is 0 Å². The topological polar surface area (TPSA) is 0 Å². The maximum atomic E-state index is 4.28. The van der Waals surface area contributed by atoms with E-state index in [0.717, 1.165) is 23.3 Å². The van der Waals surface area contributed by atoms with Gasteiger partial charge in [0, 0.05) is 0 Å². The average Bonchev–Trinajstić information content (AvgIpc) is 2.54. The van der Waals surface area contributed by atoms with Crippen molar-refractivity contribution in [3.05, 3.63) is 48.6 Å². The number of allylic oxidation sites excluding steroid dienone is 6. The summed E-state index contributed by atoms with van der Waals surface area (Å²) in [7, 11) is 0. The average molecular weight is 299 g/mol. The third-order valence-electron chi connectivity index (χ3n) is 5.83. The lowest BCUT2D eigenvalue weighted by Crippen LogP contribution is -2.25. The van der Waals surface area contributed by atoms with Crippen LogP contribution in [0.3, 0.4) is 0 Å². The first-order chi connectivity index (χ1) is 10.6. The lowest BCUT2D eigenvalue weighted by atomic mass is 9.68. The smallest absolute Gasteiger partial charge is 0.0168 e. The zero-order valence-electron chi connectivity index (χ0n) is 14.7. The molecule has 122 valence electrons. The van der Waals surface area contributed by atoms with Crippen molar-refractivity contribution >= 4 is 0 Å². The van der Waals surface area contributed by atoms with Crippen LogP contribution in [0.25, 0.3) is 0 Å². The predicted molar refractivity (Wildman–Crippen MR) is 98.8 cm³/mol. The molecule has 0 aliphatic heterocycles. The van der Waals surface area contributed by atoms with E-state index in [1.807, 2.05) is 6.92 Å². The van der Waals surface area contributed by atoms with Crippen molar-refractivity contribution in [3.8, 4) is 0 Å². The van der Waals surface area contributed by atoms with Crippen molar-refractivity contribution in [3.63, 3.8) is 0 Å². The highest BCUT2D eigenvalue weighted by Crippen LogP contribution is 2.42. The minimum atomic E-state index is 0.714. The third-order valence-corrected chi connectivity index (χ3v) is 5.83. The fourth-order valence-electron chi connectivity index (χ4n) is 4.43. The Bertz CT molecular complexity index is 421. The van der Waals surface area contributed by atoms with Gasteiger partial charge in [0.1, 0.15) is 0 Å². The van der Waals surface area contributed by atoms with Crippen molar-refractivity contribution in [2.45, 2.75) is 65.2 Å². The van der Waals surface area contributed by atoms with Crippen LogP contribution in [0.15, 0.2) is 48.6 Å². The molecule has 0 aromatic carbocycles. The number of rotatable bonds is 5. The van der Waals surface area contributed by atoms with E-state index in [1.165, 1.54) is 56.9 Å².